The molecule has 1 aromatic carbocycles. The van der Waals surface area contributed by atoms with Crippen molar-refractivity contribution >= 4 is 5.91 Å². The van der Waals surface area contributed by atoms with Crippen LogP contribution in [0.3, 0.4) is 0 Å². The van der Waals surface area contributed by atoms with E-state index in [2.05, 4.69) is 15.3 Å². The van der Waals surface area contributed by atoms with Gasteiger partial charge in [-0.05, 0) is 43.5 Å². The van der Waals surface area contributed by atoms with Crippen molar-refractivity contribution in [3.05, 3.63) is 48.3 Å². The Balaban J connectivity index is 1.51. The summed E-state index contributed by atoms with van der Waals surface area (Å²) in [6.45, 7) is 3.94. The third-order valence-electron chi connectivity index (χ3n) is 4.62. The lowest BCUT2D eigenvalue weighted by atomic mass is 10.0. The van der Waals surface area contributed by atoms with E-state index in [-0.39, 0.29) is 11.9 Å². The standard InChI is InChI=1S/C19H26N4O2/c1-25-14-4-10-22-12-7-17(8-13-22)21-19(24)16-5-2-6-18(15-16)23-11-3-9-20-23/h2-3,5-6,9,11,15,17H,4,7-8,10,12-14H2,1H3,(H,21,24). The number of carbonyl (C=O) groups is 1. The average Bonchev–Trinajstić information content (AvgIpc) is 3.18. The van der Waals surface area contributed by atoms with Crippen LogP contribution < -0.4 is 5.32 Å². The van der Waals surface area contributed by atoms with Gasteiger partial charge in [0.25, 0.3) is 5.91 Å². The lowest BCUT2D eigenvalue weighted by Gasteiger charge is -2.32. The van der Waals surface area contributed by atoms with Crippen molar-refractivity contribution in [3.63, 3.8) is 0 Å². The van der Waals surface area contributed by atoms with Crippen LogP contribution in [0.25, 0.3) is 5.69 Å². The monoisotopic (exact) mass is 342 g/mol. The first kappa shape index (κ1) is 17.6. The zero-order valence-corrected chi connectivity index (χ0v) is 14.7. The number of nitrogens with zero attached hydrogens (tertiary/aromatic N) is 3. The van der Waals surface area contributed by atoms with Crippen LogP contribution in [0.15, 0.2) is 42.7 Å². The molecule has 134 valence electrons. The van der Waals surface area contributed by atoms with Gasteiger partial charge < -0.3 is 15.0 Å². The summed E-state index contributed by atoms with van der Waals surface area (Å²) in [5.74, 6) is -0.00756. The molecular weight excluding hydrogens is 316 g/mol. The van der Waals surface area contributed by atoms with Crippen LogP contribution >= 0.6 is 0 Å². The Morgan fingerprint density at radius 3 is 2.88 bits per heavy atom. The molecule has 1 saturated heterocycles. The van der Waals surface area contributed by atoms with Crippen LogP contribution in [0.5, 0.6) is 0 Å². The van der Waals surface area contributed by atoms with Crippen molar-refractivity contribution in [2.24, 2.45) is 0 Å². The summed E-state index contributed by atoms with van der Waals surface area (Å²) in [4.78, 5) is 15.0. The van der Waals surface area contributed by atoms with Gasteiger partial charge >= 0.3 is 0 Å². The molecule has 0 aliphatic carbocycles. The largest absolute Gasteiger partial charge is 0.385 e. The normalized spacial score (nSPS) is 16.0. The molecular formula is C19H26N4O2. The second-order valence-electron chi connectivity index (χ2n) is 6.44. The predicted molar refractivity (Wildman–Crippen MR) is 97.0 cm³/mol. The highest BCUT2D eigenvalue weighted by molar-refractivity contribution is 5.94. The molecule has 0 saturated carbocycles. The highest BCUT2D eigenvalue weighted by Crippen LogP contribution is 2.13. The van der Waals surface area contributed by atoms with Gasteiger partial charge in [-0.25, -0.2) is 4.68 Å². The van der Waals surface area contributed by atoms with E-state index in [9.17, 15) is 4.79 Å². The number of likely N-dealkylation sites (tertiary alicyclic amines) is 1. The maximum atomic E-state index is 12.6. The van der Waals surface area contributed by atoms with E-state index >= 15 is 0 Å². The summed E-state index contributed by atoms with van der Waals surface area (Å²) in [6, 6.07) is 9.68. The Morgan fingerprint density at radius 2 is 2.16 bits per heavy atom. The van der Waals surface area contributed by atoms with Gasteiger partial charge in [0.05, 0.1) is 5.69 Å². The molecule has 0 spiro atoms. The van der Waals surface area contributed by atoms with Crippen molar-refractivity contribution in [2.45, 2.75) is 25.3 Å². The third kappa shape index (κ3) is 4.90. The van der Waals surface area contributed by atoms with Crippen LogP contribution in [0, 0.1) is 0 Å². The summed E-state index contributed by atoms with van der Waals surface area (Å²) in [7, 11) is 1.74. The number of hydrogen-bond donors (Lipinski definition) is 1. The van der Waals surface area contributed by atoms with Gasteiger partial charge in [-0.2, -0.15) is 5.10 Å². The summed E-state index contributed by atoms with van der Waals surface area (Å²) in [5, 5.41) is 7.39. The number of rotatable bonds is 7. The van der Waals surface area contributed by atoms with E-state index in [4.69, 9.17) is 4.74 Å². The van der Waals surface area contributed by atoms with Crippen LogP contribution in [0.1, 0.15) is 29.6 Å². The van der Waals surface area contributed by atoms with Gasteiger partial charge in [0, 0.05) is 57.3 Å². The second-order valence-corrected chi connectivity index (χ2v) is 6.44. The van der Waals surface area contributed by atoms with E-state index < -0.39 is 0 Å². The number of aromatic nitrogens is 2. The van der Waals surface area contributed by atoms with E-state index in [0.29, 0.717) is 5.56 Å². The molecule has 2 heterocycles. The Hall–Kier alpha value is -2.18. The van der Waals surface area contributed by atoms with Crippen molar-refractivity contribution in [3.8, 4) is 5.69 Å². The van der Waals surface area contributed by atoms with Gasteiger partial charge in [0.2, 0.25) is 0 Å². The minimum atomic E-state index is -0.00756. The minimum absolute atomic E-state index is 0.00756. The van der Waals surface area contributed by atoms with Crippen molar-refractivity contribution < 1.29 is 9.53 Å². The van der Waals surface area contributed by atoms with Gasteiger partial charge in [-0.3, -0.25) is 4.79 Å². The zero-order valence-electron chi connectivity index (χ0n) is 14.7. The maximum Gasteiger partial charge on any atom is 0.251 e. The Labute approximate surface area is 148 Å². The predicted octanol–water partition coefficient (Wildman–Crippen LogP) is 2.10. The first-order chi connectivity index (χ1) is 12.3. The summed E-state index contributed by atoms with van der Waals surface area (Å²) < 4.78 is 6.86. The number of methoxy groups -OCH3 is 1. The highest BCUT2D eigenvalue weighted by atomic mass is 16.5. The minimum Gasteiger partial charge on any atom is -0.385 e. The van der Waals surface area contributed by atoms with Gasteiger partial charge in [0.15, 0.2) is 0 Å². The van der Waals surface area contributed by atoms with Gasteiger partial charge in [-0.15, -0.1) is 0 Å². The molecule has 1 fully saturated rings. The van der Waals surface area contributed by atoms with E-state index in [1.807, 2.05) is 36.5 Å². The molecule has 2 aromatic rings. The summed E-state index contributed by atoms with van der Waals surface area (Å²) in [5.41, 5.74) is 1.57. The molecule has 1 aromatic heterocycles. The molecule has 0 radical (unpaired) electrons. The Kier molecular flexibility index (Phi) is 6.19. The van der Waals surface area contributed by atoms with Crippen LogP contribution in [0.2, 0.25) is 0 Å². The number of carbonyl (C=O) groups excluding carboxylic acids is 1. The molecule has 25 heavy (non-hydrogen) atoms. The molecule has 3 rings (SSSR count). The number of nitrogens with one attached hydrogen (secondary N) is 1. The SMILES string of the molecule is COCCCN1CCC(NC(=O)c2cccc(-n3cccn3)c2)CC1. The molecule has 1 N–H and O–H groups in total. The lowest BCUT2D eigenvalue weighted by molar-refractivity contribution is 0.0907. The summed E-state index contributed by atoms with van der Waals surface area (Å²) in [6.07, 6.45) is 6.66. The van der Waals surface area contributed by atoms with Crippen molar-refractivity contribution in [1.29, 1.82) is 0 Å². The summed E-state index contributed by atoms with van der Waals surface area (Å²) >= 11 is 0. The van der Waals surface area contributed by atoms with E-state index in [1.165, 1.54) is 0 Å². The number of piperidine rings is 1. The average molecular weight is 342 g/mol. The van der Waals surface area contributed by atoms with Crippen LogP contribution in [0.4, 0.5) is 0 Å². The lowest BCUT2D eigenvalue weighted by Crippen LogP contribution is -2.45. The Bertz CT molecular complexity index is 664. The molecule has 0 bridgehead atoms. The van der Waals surface area contributed by atoms with Crippen LogP contribution in [-0.2, 0) is 4.74 Å². The maximum absolute atomic E-state index is 12.6. The first-order valence-electron chi connectivity index (χ1n) is 8.88. The van der Waals surface area contributed by atoms with E-state index in [1.54, 1.807) is 18.0 Å². The Morgan fingerprint density at radius 1 is 1.32 bits per heavy atom. The first-order valence-corrected chi connectivity index (χ1v) is 8.88. The second kappa shape index (κ2) is 8.78. The molecule has 0 atom stereocenters. The number of amides is 1. The fraction of sp³-hybridized carbons (Fsp3) is 0.474. The number of benzene rings is 1. The van der Waals surface area contributed by atoms with Gasteiger partial charge in [0.1, 0.15) is 0 Å². The fourth-order valence-corrected chi connectivity index (χ4v) is 3.21. The highest BCUT2D eigenvalue weighted by Gasteiger charge is 2.21. The molecule has 6 nitrogen and oxygen atoms in total. The number of ether oxygens (including phenoxy) is 1. The molecule has 6 heteroatoms. The zero-order chi connectivity index (χ0) is 17.5. The number of hydrogen-bond acceptors (Lipinski definition) is 4. The molecule has 0 unspecified atom stereocenters. The van der Waals surface area contributed by atoms with Gasteiger partial charge in [-0.1, -0.05) is 6.07 Å². The smallest absolute Gasteiger partial charge is 0.251 e. The fourth-order valence-electron chi connectivity index (χ4n) is 3.21. The third-order valence-corrected chi connectivity index (χ3v) is 4.62. The quantitative estimate of drug-likeness (QED) is 0.783. The van der Waals surface area contributed by atoms with E-state index in [0.717, 1.165) is 51.2 Å². The topological polar surface area (TPSA) is 59.4 Å². The molecule has 1 aliphatic rings. The molecule has 1 aliphatic heterocycles. The van der Waals surface area contributed by atoms with Crippen molar-refractivity contribution in [1.82, 2.24) is 20.0 Å². The molecule has 1 amide bonds. The van der Waals surface area contributed by atoms with Crippen molar-refractivity contribution in [2.75, 3.05) is 33.4 Å². The van der Waals surface area contributed by atoms with Crippen LogP contribution in [-0.4, -0.2) is 60.0 Å².